The third kappa shape index (κ3) is 4.10. The Morgan fingerprint density at radius 3 is 2.90 bits per heavy atom. The van der Waals surface area contributed by atoms with Gasteiger partial charge in [0.25, 0.3) is 5.91 Å². The Kier molecular flexibility index (Phi) is 5.64. The zero-order valence-electron chi connectivity index (χ0n) is 11.2. The van der Waals surface area contributed by atoms with Gasteiger partial charge in [0.2, 0.25) is 0 Å². The maximum absolute atomic E-state index is 11.8. The minimum Gasteiger partial charge on any atom is -0.482 e. The second kappa shape index (κ2) is 7.47. The standard InChI is InChI=1S/C14H19ClN2O3/c15-12-3-1-2-10(8-16)14(12)20-9-13(18)17-11-4-6-19-7-5-11/h1-3,11H,4-9,16H2,(H,17,18). The van der Waals surface area contributed by atoms with Crippen molar-refractivity contribution in [2.45, 2.75) is 25.4 Å². The molecule has 2 rings (SSSR count). The van der Waals surface area contributed by atoms with Crippen LogP contribution in [0.2, 0.25) is 5.02 Å². The van der Waals surface area contributed by atoms with Gasteiger partial charge in [-0.1, -0.05) is 23.7 Å². The van der Waals surface area contributed by atoms with E-state index in [0.717, 1.165) is 18.4 Å². The fraction of sp³-hybridized carbons (Fsp3) is 0.500. The van der Waals surface area contributed by atoms with E-state index in [9.17, 15) is 4.79 Å². The van der Waals surface area contributed by atoms with Crippen LogP contribution >= 0.6 is 11.6 Å². The van der Waals surface area contributed by atoms with Gasteiger partial charge in [-0.25, -0.2) is 0 Å². The SMILES string of the molecule is NCc1cccc(Cl)c1OCC(=O)NC1CCOCC1. The predicted molar refractivity (Wildman–Crippen MR) is 76.8 cm³/mol. The van der Waals surface area contributed by atoms with E-state index in [1.165, 1.54) is 0 Å². The van der Waals surface area contributed by atoms with Crippen LogP contribution in [-0.2, 0) is 16.1 Å². The van der Waals surface area contributed by atoms with Gasteiger partial charge in [0.05, 0.1) is 5.02 Å². The van der Waals surface area contributed by atoms with Crippen molar-refractivity contribution in [1.82, 2.24) is 5.32 Å². The minimum atomic E-state index is -0.153. The average Bonchev–Trinajstić information content (AvgIpc) is 2.46. The van der Waals surface area contributed by atoms with E-state index in [4.69, 9.17) is 26.8 Å². The lowest BCUT2D eigenvalue weighted by Gasteiger charge is -2.23. The van der Waals surface area contributed by atoms with Gasteiger partial charge in [-0.3, -0.25) is 4.79 Å². The van der Waals surface area contributed by atoms with Gasteiger partial charge in [0.15, 0.2) is 6.61 Å². The highest BCUT2D eigenvalue weighted by Crippen LogP contribution is 2.28. The van der Waals surface area contributed by atoms with E-state index in [-0.39, 0.29) is 18.6 Å². The summed E-state index contributed by atoms with van der Waals surface area (Å²) in [5, 5.41) is 3.39. The highest BCUT2D eigenvalue weighted by atomic mass is 35.5. The summed E-state index contributed by atoms with van der Waals surface area (Å²) >= 11 is 6.05. The number of hydrogen-bond donors (Lipinski definition) is 2. The number of para-hydroxylation sites is 1. The Morgan fingerprint density at radius 2 is 2.20 bits per heavy atom. The molecule has 1 fully saturated rings. The highest BCUT2D eigenvalue weighted by Gasteiger charge is 2.17. The summed E-state index contributed by atoms with van der Waals surface area (Å²) in [6.45, 7) is 1.63. The number of nitrogens with two attached hydrogens (primary N) is 1. The minimum absolute atomic E-state index is 0.0614. The van der Waals surface area contributed by atoms with Crippen molar-refractivity contribution < 1.29 is 14.3 Å². The average molecular weight is 299 g/mol. The number of carbonyl (C=O) groups excluding carboxylic acids is 1. The lowest BCUT2D eigenvalue weighted by atomic mass is 10.1. The summed E-state index contributed by atoms with van der Waals surface area (Å²) in [6, 6.07) is 5.52. The number of amides is 1. The predicted octanol–water partition coefficient (Wildman–Crippen LogP) is 1.47. The molecule has 1 aliphatic heterocycles. The number of hydrogen-bond acceptors (Lipinski definition) is 4. The first-order valence-corrected chi connectivity index (χ1v) is 7.06. The second-order valence-electron chi connectivity index (χ2n) is 4.68. The zero-order valence-corrected chi connectivity index (χ0v) is 12.0. The number of benzene rings is 1. The molecule has 0 spiro atoms. The third-order valence-corrected chi connectivity index (χ3v) is 3.50. The molecule has 110 valence electrons. The lowest BCUT2D eigenvalue weighted by Crippen LogP contribution is -2.41. The first kappa shape index (κ1) is 15.1. The van der Waals surface area contributed by atoms with Gasteiger partial charge in [0.1, 0.15) is 5.75 Å². The molecule has 1 saturated heterocycles. The normalized spacial score (nSPS) is 15.9. The van der Waals surface area contributed by atoms with Crippen LogP contribution in [-0.4, -0.2) is 31.8 Å². The first-order valence-electron chi connectivity index (χ1n) is 6.68. The maximum atomic E-state index is 11.8. The van der Waals surface area contributed by atoms with Crippen molar-refractivity contribution in [2.24, 2.45) is 5.73 Å². The van der Waals surface area contributed by atoms with E-state index in [0.29, 0.717) is 30.5 Å². The fourth-order valence-electron chi connectivity index (χ4n) is 2.12. The number of ether oxygens (including phenoxy) is 2. The van der Waals surface area contributed by atoms with Gasteiger partial charge in [-0.2, -0.15) is 0 Å². The first-order chi connectivity index (χ1) is 9.70. The molecule has 0 unspecified atom stereocenters. The van der Waals surface area contributed by atoms with E-state index < -0.39 is 0 Å². The van der Waals surface area contributed by atoms with Crippen LogP contribution in [0.1, 0.15) is 18.4 Å². The van der Waals surface area contributed by atoms with Crippen LogP contribution in [0.25, 0.3) is 0 Å². The summed E-state index contributed by atoms with van der Waals surface area (Å²) < 4.78 is 10.7. The molecule has 0 atom stereocenters. The number of carbonyl (C=O) groups is 1. The van der Waals surface area contributed by atoms with Gasteiger partial charge in [0, 0.05) is 31.4 Å². The molecule has 1 aromatic carbocycles. The molecule has 1 amide bonds. The van der Waals surface area contributed by atoms with Crippen LogP contribution in [0.15, 0.2) is 18.2 Å². The van der Waals surface area contributed by atoms with E-state index in [1.54, 1.807) is 12.1 Å². The maximum Gasteiger partial charge on any atom is 0.258 e. The molecule has 20 heavy (non-hydrogen) atoms. The number of rotatable bonds is 5. The van der Waals surface area contributed by atoms with E-state index in [2.05, 4.69) is 5.32 Å². The topological polar surface area (TPSA) is 73.6 Å². The van der Waals surface area contributed by atoms with Crippen molar-refractivity contribution in [3.8, 4) is 5.75 Å². The molecule has 0 aromatic heterocycles. The monoisotopic (exact) mass is 298 g/mol. The van der Waals surface area contributed by atoms with Crippen molar-refractivity contribution in [3.05, 3.63) is 28.8 Å². The molecule has 0 bridgehead atoms. The fourth-order valence-corrected chi connectivity index (χ4v) is 2.37. The summed E-state index contributed by atoms with van der Waals surface area (Å²) in [5.41, 5.74) is 6.41. The van der Waals surface area contributed by atoms with Crippen LogP contribution in [0, 0.1) is 0 Å². The quantitative estimate of drug-likeness (QED) is 0.863. The molecule has 0 radical (unpaired) electrons. The van der Waals surface area contributed by atoms with Gasteiger partial charge >= 0.3 is 0 Å². The van der Waals surface area contributed by atoms with Gasteiger partial charge < -0.3 is 20.5 Å². The molecule has 6 heteroatoms. The molecule has 1 heterocycles. The second-order valence-corrected chi connectivity index (χ2v) is 5.08. The summed E-state index contributed by atoms with van der Waals surface area (Å²) in [4.78, 5) is 11.8. The van der Waals surface area contributed by atoms with Gasteiger partial charge in [-0.15, -0.1) is 0 Å². The van der Waals surface area contributed by atoms with Crippen molar-refractivity contribution in [2.75, 3.05) is 19.8 Å². The van der Waals surface area contributed by atoms with Crippen molar-refractivity contribution >= 4 is 17.5 Å². The highest BCUT2D eigenvalue weighted by molar-refractivity contribution is 6.32. The Hall–Kier alpha value is -1.30. The molecular weight excluding hydrogens is 280 g/mol. The Labute approximate surface area is 123 Å². The number of nitrogens with one attached hydrogen (secondary N) is 1. The number of halogens is 1. The van der Waals surface area contributed by atoms with Gasteiger partial charge in [-0.05, 0) is 18.9 Å². The lowest BCUT2D eigenvalue weighted by molar-refractivity contribution is -0.124. The van der Waals surface area contributed by atoms with Crippen LogP contribution in [0.5, 0.6) is 5.75 Å². The Morgan fingerprint density at radius 1 is 1.45 bits per heavy atom. The smallest absolute Gasteiger partial charge is 0.258 e. The largest absolute Gasteiger partial charge is 0.482 e. The molecule has 5 nitrogen and oxygen atoms in total. The summed E-state index contributed by atoms with van der Waals surface area (Å²) in [5.74, 6) is 0.332. The third-order valence-electron chi connectivity index (χ3n) is 3.20. The summed E-state index contributed by atoms with van der Waals surface area (Å²) in [7, 11) is 0. The van der Waals surface area contributed by atoms with E-state index >= 15 is 0 Å². The van der Waals surface area contributed by atoms with Crippen molar-refractivity contribution in [1.29, 1.82) is 0 Å². The Bertz CT molecular complexity index is 462. The zero-order chi connectivity index (χ0) is 14.4. The van der Waals surface area contributed by atoms with Crippen LogP contribution in [0.3, 0.4) is 0 Å². The van der Waals surface area contributed by atoms with E-state index in [1.807, 2.05) is 6.07 Å². The molecule has 3 N–H and O–H groups in total. The van der Waals surface area contributed by atoms with Crippen LogP contribution in [0.4, 0.5) is 0 Å². The summed E-state index contributed by atoms with van der Waals surface area (Å²) in [6.07, 6.45) is 1.68. The Balaban J connectivity index is 1.86. The molecule has 1 aliphatic rings. The van der Waals surface area contributed by atoms with Crippen LogP contribution < -0.4 is 15.8 Å². The van der Waals surface area contributed by atoms with Crippen molar-refractivity contribution in [3.63, 3.8) is 0 Å². The molecule has 0 aliphatic carbocycles. The molecular formula is C14H19ClN2O3. The molecule has 1 aromatic rings. The molecule has 0 saturated carbocycles.